The van der Waals surface area contributed by atoms with Crippen molar-refractivity contribution in [3.63, 3.8) is 0 Å². The quantitative estimate of drug-likeness (QED) is 0.191. The molecular weight excluding hydrogens is 556 g/mol. The Morgan fingerprint density at radius 2 is 1.02 bits per heavy atom. The maximum atomic E-state index is 12.2. The number of ether oxygens (including phenoxy) is 4. The largest absolute Gasteiger partial charge is 0.461 e. The van der Waals surface area contributed by atoms with Crippen LogP contribution in [-0.2, 0) is 18.9 Å². The highest BCUT2D eigenvalue weighted by molar-refractivity contribution is 5.92. The second-order valence-corrected chi connectivity index (χ2v) is 9.54. The molecule has 2 aromatic rings. The maximum Gasteiger partial charge on any atom is 0.412 e. The molecule has 0 aliphatic rings. The molecule has 0 bridgehead atoms. The Balaban J connectivity index is 1.69. The van der Waals surface area contributed by atoms with Crippen molar-refractivity contribution in [1.29, 1.82) is 0 Å². The summed E-state index contributed by atoms with van der Waals surface area (Å²) in [4.78, 5) is 53.1. The minimum Gasteiger partial charge on any atom is -0.461 e. The first-order valence-electron chi connectivity index (χ1n) is 14.6. The van der Waals surface area contributed by atoms with Crippen LogP contribution in [0.1, 0.15) is 55.3 Å². The molecule has 2 rings (SSSR count). The topological polar surface area (TPSA) is 136 Å². The van der Waals surface area contributed by atoms with E-state index in [0.717, 1.165) is 26.2 Å². The molecular formula is C31H44N4O8. The minimum absolute atomic E-state index is 0.186. The van der Waals surface area contributed by atoms with E-state index >= 15 is 0 Å². The molecule has 0 unspecified atom stereocenters. The summed E-state index contributed by atoms with van der Waals surface area (Å²) in [5.41, 5.74) is 1.58. The molecule has 0 aromatic heterocycles. The summed E-state index contributed by atoms with van der Waals surface area (Å²) < 4.78 is 21.0. The number of esters is 2. The van der Waals surface area contributed by atoms with Crippen LogP contribution in [0.15, 0.2) is 48.5 Å². The number of carbonyl (C=O) groups excluding carboxylic acids is 4. The number of hydrogen-bond acceptors (Lipinski definition) is 10. The molecule has 0 fully saturated rings. The number of rotatable bonds is 17. The molecule has 12 nitrogen and oxygen atoms in total. The molecule has 0 aliphatic heterocycles. The molecule has 0 aliphatic carbocycles. The molecule has 43 heavy (non-hydrogen) atoms. The zero-order valence-electron chi connectivity index (χ0n) is 25.7. The van der Waals surface area contributed by atoms with Crippen molar-refractivity contribution in [2.75, 3.05) is 69.7 Å². The molecule has 0 saturated heterocycles. The van der Waals surface area contributed by atoms with Crippen molar-refractivity contribution in [2.45, 2.75) is 40.7 Å². The summed E-state index contributed by atoms with van der Waals surface area (Å²) >= 11 is 0. The average Bonchev–Trinajstić information content (AvgIpc) is 3.01. The third kappa shape index (κ3) is 13.1. The number of amides is 2. The highest BCUT2D eigenvalue weighted by Gasteiger charge is 2.15. The number of likely N-dealkylation sites (N-methyl/N-ethyl adjacent to an activating group) is 2. The molecule has 0 radical (unpaired) electrons. The van der Waals surface area contributed by atoms with Gasteiger partial charge in [-0.05, 0) is 81.6 Å². The van der Waals surface area contributed by atoms with Crippen LogP contribution in [-0.4, -0.2) is 99.1 Å². The second kappa shape index (κ2) is 19.1. The summed E-state index contributed by atoms with van der Waals surface area (Å²) in [5, 5.41) is 5.11. The molecule has 0 spiro atoms. The first-order valence-corrected chi connectivity index (χ1v) is 14.6. The van der Waals surface area contributed by atoms with E-state index in [1.807, 2.05) is 27.7 Å². The lowest BCUT2D eigenvalue weighted by Crippen LogP contribution is -2.28. The smallest absolute Gasteiger partial charge is 0.412 e. The molecule has 2 aromatic carbocycles. The van der Waals surface area contributed by atoms with E-state index in [1.165, 1.54) is 0 Å². The molecule has 0 heterocycles. The SMILES string of the molecule is CCN(CC)CCOC(=O)c1ccc(NC(=O)OC[C@@H](C)OC(=O)Nc2ccc(C(=O)OCCN(CC)CC)cc2)cc1. The zero-order chi connectivity index (χ0) is 31.6. The first-order chi connectivity index (χ1) is 20.7. The van der Waals surface area contributed by atoms with Crippen molar-refractivity contribution in [2.24, 2.45) is 0 Å². The highest BCUT2D eigenvalue weighted by Crippen LogP contribution is 2.13. The van der Waals surface area contributed by atoms with Crippen LogP contribution in [0.5, 0.6) is 0 Å². The van der Waals surface area contributed by atoms with E-state index in [9.17, 15) is 19.2 Å². The van der Waals surface area contributed by atoms with Gasteiger partial charge >= 0.3 is 24.1 Å². The fraction of sp³-hybridized carbons (Fsp3) is 0.484. The van der Waals surface area contributed by atoms with Gasteiger partial charge in [-0.2, -0.15) is 0 Å². The summed E-state index contributed by atoms with van der Waals surface area (Å²) in [6.07, 6.45) is -2.23. The maximum absolute atomic E-state index is 12.2. The monoisotopic (exact) mass is 600 g/mol. The van der Waals surface area contributed by atoms with Crippen LogP contribution in [0.3, 0.4) is 0 Å². The van der Waals surface area contributed by atoms with E-state index in [1.54, 1.807) is 55.5 Å². The Morgan fingerprint density at radius 3 is 1.42 bits per heavy atom. The van der Waals surface area contributed by atoms with Crippen LogP contribution in [0, 0.1) is 0 Å². The van der Waals surface area contributed by atoms with Gasteiger partial charge in [0.2, 0.25) is 0 Å². The Labute approximate surface area is 253 Å². The summed E-state index contributed by atoms with van der Waals surface area (Å²) in [5.74, 6) is -0.879. The second-order valence-electron chi connectivity index (χ2n) is 9.54. The number of nitrogens with one attached hydrogen (secondary N) is 2. The molecule has 1 atom stereocenters. The number of anilines is 2. The average molecular weight is 601 g/mol. The summed E-state index contributed by atoms with van der Waals surface area (Å²) in [6.45, 7) is 15.0. The number of benzene rings is 2. The minimum atomic E-state index is -0.745. The van der Waals surface area contributed by atoms with Gasteiger partial charge in [-0.25, -0.2) is 19.2 Å². The molecule has 236 valence electrons. The van der Waals surface area contributed by atoms with E-state index in [0.29, 0.717) is 48.8 Å². The molecule has 12 heteroatoms. The van der Waals surface area contributed by atoms with Gasteiger partial charge < -0.3 is 28.7 Å². The lowest BCUT2D eigenvalue weighted by Gasteiger charge is -2.17. The van der Waals surface area contributed by atoms with E-state index in [4.69, 9.17) is 18.9 Å². The van der Waals surface area contributed by atoms with Crippen molar-refractivity contribution >= 4 is 35.5 Å². The van der Waals surface area contributed by atoms with Gasteiger partial charge in [-0.1, -0.05) is 27.7 Å². The third-order valence-electron chi connectivity index (χ3n) is 6.56. The van der Waals surface area contributed by atoms with Crippen LogP contribution >= 0.6 is 0 Å². The highest BCUT2D eigenvalue weighted by atomic mass is 16.6. The standard InChI is InChI=1S/C31H44N4O8/c1-6-34(7-2)18-20-40-28(36)24-10-14-26(15-11-24)32-30(38)42-22-23(5)43-31(39)33-27-16-12-25(13-17-27)29(37)41-21-19-35(8-3)9-4/h10-17,23H,6-9,18-22H2,1-5H3,(H,32,38)(H,33,39)/t23-/m1/s1. The van der Waals surface area contributed by atoms with Crippen molar-refractivity contribution in [3.8, 4) is 0 Å². The lowest BCUT2D eigenvalue weighted by molar-refractivity contribution is 0.0457. The van der Waals surface area contributed by atoms with Crippen LogP contribution in [0.2, 0.25) is 0 Å². The predicted molar refractivity (Wildman–Crippen MR) is 164 cm³/mol. The molecule has 0 saturated carbocycles. The van der Waals surface area contributed by atoms with Gasteiger partial charge in [-0.3, -0.25) is 10.6 Å². The Bertz CT molecular complexity index is 1150. The summed E-state index contributed by atoms with van der Waals surface area (Å²) in [7, 11) is 0. The van der Waals surface area contributed by atoms with Gasteiger partial charge in [0.05, 0.1) is 11.1 Å². The molecule has 2 amide bonds. The van der Waals surface area contributed by atoms with Crippen molar-refractivity contribution in [3.05, 3.63) is 59.7 Å². The van der Waals surface area contributed by atoms with Crippen LogP contribution < -0.4 is 10.6 Å². The van der Waals surface area contributed by atoms with Crippen LogP contribution in [0.25, 0.3) is 0 Å². The lowest BCUT2D eigenvalue weighted by atomic mass is 10.2. The summed E-state index contributed by atoms with van der Waals surface area (Å²) in [6, 6.07) is 12.5. The van der Waals surface area contributed by atoms with Crippen molar-refractivity contribution < 1.29 is 38.1 Å². The number of hydrogen-bond donors (Lipinski definition) is 2. The zero-order valence-corrected chi connectivity index (χ0v) is 25.7. The number of carbonyl (C=O) groups is 4. The normalized spacial score (nSPS) is 11.5. The van der Waals surface area contributed by atoms with Gasteiger partial charge in [0.1, 0.15) is 25.9 Å². The van der Waals surface area contributed by atoms with Crippen LogP contribution in [0.4, 0.5) is 21.0 Å². The fourth-order valence-electron chi connectivity index (χ4n) is 3.87. The van der Waals surface area contributed by atoms with Crippen molar-refractivity contribution in [1.82, 2.24) is 9.80 Å². The van der Waals surface area contributed by atoms with E-state index in [2.05, 4.69) is 20.4 Å². The number of nitrogens with zero attached hydrogens (tertiary/aromatic N) is 2. The molecule has 2 N–H and O–H groups in total. The Hall–Kier alpha value is -4.16. The predicted octanol–water partition coefficient (Wildman–Crippen LogP) is 4.87. The van der Waals surface area contributed by atoms with Gasteiger partial charge in [0.25, 0.3) is 0 Å². The first kappa shape index (κ1) is 35.0. The Kier molecular flexibility index (Phi) is 15.6. The van der Waals surface area contributed by atoms with Gasteiger partial charge in [0, 0.05) is 24.5 Å². The fourth-order valence-corrected chi connectivity index (χ4v) is 3.87. The Morgan fingerprint density at radius 1 is 0.628 bits per heavy atom. The van der Waals surface area contributed by atoms with E-state index in [-0.39, 0.29) is 6.61 Å². The van der Waals surface area contributed by atoms with Gasteiger partial charge in [-0.15, -0.1) is 0 Å². The third-order valence-corrected chi connectivity index (χ3v) is 6.56. The van der Waals surface area contributed by atoms with E-state index < -0.39 is 30.2 Å². The van der Waals surface area contributed by atoms with Gasteiger partial charge in [0.15, 0.2) is 0 Å².